The van der Waals surface area contributed by atoms with Crippen LogP contribution in [0.4, 0.5) is 5.69 Å². The zero-order valence-corrected chi connectivity index (χ0v) is 12.2. The number of nitrogen functional groups attached to an aromatic ring is 1. The molecule has 20 heavy (non-hydrogen) atoms. The smallest absolute Gasteiger partial charge is 0.142 e. The summed E-state index contributed by atoms with van der Waals surface area (Å²) in [6.07, 6.45) is 4.68. The first-order valence-electron chi connectivity index (χ1n) is 7.55. The molecule has 1 aromatic carbocycles. The number of morpholine rings is 1. The van der Waals surface area contributed by atoms with E-state index in [0.29, 0.717) is 6.04 Å². The molecule has 1 fully saturated rings. The molecular formula is C16H24N2O2. The number of aryl methyl sites for hydroxylation is 2. The average Bonchev–Trinajstić information content (AvgIpc) is 2.69. The predicted molar refractivity (Wildman–Crippen MR) is 80.2 cm³/mol. The van der Waals surface area contributed by atoms with Crippen molar-refractivity contribution in [2.24, 2.45) is 0 Å². The molecule has 0 amide bonds. The fourth-order valence-electron chi connectivity index (χ4n) is 3.42. The van der Waals surface area contributed by atoms with Crippen LogP contribution in [0.15, 0.2) is 12.1 Å². The summed E-state index contributed by atoms with van der Waals surface area (Å²) in [6, 6.07) is 4.92. The van der Waals surface area contributed by atoms with Crippen LogP contribution in [0.5, 0.6) is 5.75 Å². The lowest BCUT2D eigenvalue weighted by atomic mass is 10.0. The average molecular weight is 276 g/mol. The van der Waals surface area contributed by atoms with Crippen LogP contribution >= 0.6 is 0 Å². The summed E-state index contributed by atoms with van der Waals surface area (Å²) in [7, 11) is 1.69. The molecule has 1 aliphatic carbocycles. The fourth-order valence-corrected chi connectivity index (χ4v) is 3.42. The van der Waals surface area contributed by atoms with Gasteiger partial charge < -0.3 is 15.2 Å². The number of methoxy groups -OCH3 is 1. The maximum atomic E-state index is 6.03. The summed E-state index contributed by atoms with van der Waals surface area (Å²) in [5.74, 6) is 0.813. The SMILES string of the molecule is COc1cc2c(cc1N)CCC(N1CCOCC1)CC2. The normalized spacial score (nSPS) is 23.9. The Hall–Kier alpha value is -1.26. The van der Waals surface area contributed by atoms with Crippen molar-refractivity contribution >= 4 is 5.69 Å². The molecule has 3 rings (SSSR count). The molecule has 4 heteroatoms. The third-order valence-corrected chi connectivity index (χ3v) is 4.61. The lowest BCUT2D eigenvalue weighted by Gasteiger charge is -2.33. The summed E-state index contributed by atoms with van der Waals surface area (Å²) in [4.78, 5) is 2.59. The number of benzene rings is 1. The number of fused-ring (bicyclic) bond motifs is 1. The van der Waals surface area contributed by atoms with Crippen LogP contribution in [0.2, 0.25) is 0 Å². The van der Waals surface area contributed by atoms with E-state index < -0.39 is 0 Å². The van der Waals surface area contributed by atoms with Gasteiger partial charge >= 0.3 is 0 Å². The van der Waals surface area contributed by atoms with Crippen LogP contribution in [0, 0.1) is 0 Å². The van der Waals surface area contributed by atoms with E-state index in [0.717, 1.165) is 50.6 Å². The van der Waals surface area contributed by atoms with Gasteiger partial charge in [-0.3, -0.25) is 4.90 Å². The van der Waals surface area contributed by atoms with Crippen molar-refractivity contribution in [2.75, 3.05) is 39.1 Å². The van der Waals surface area contributed by atoms with Gasteiger partial charge in [0.1, 0.15) is 5.75 Å². The molecule has 1 heterocycles. The summed E-state index contributed by atoms with van der Waals surface area (Å²) in [5.41, 5.74) is 9.60. The van der Waals surface area contributed by atoms with Crippen LogP contribution in [0.25, 0.3) is 0 Å². The highest BCUT2D eigenvalue weighted by Crippen LogP contribution is 2.31. The minimum atomic E-state index is 0.679. The maximum Gasteiger partial charge on any atom is 0.142 e. The zero-order chi connectivity index (χ0) is 13.9. The molecule has 110 valence electrons. The molecular weight excluding hydrogens is 252 g/mol. The molecule has 0 bridgehead atoms. The number of nitrogens with zero attached hydrogens (tertiary/aromatic N) is 1. The molecule has 1 aliphatic heterocycles. The van der Waals surface area contributed by atoms with Gasteiger partial charge in [0.05, 0.1) is 26.0 Å². The van der Waals surface area contributed by atoms with Gasteiger partial charge in [0, 0.05) is 19.1 Å². The number of anilines is 1. The zero-order valence-electron chi connectivity index (χ0n) is 12.2. The van der Waals surface area contributed by atoms with E-state index in [1.165, 1.54) is 24.0 Å². The van der Waals surface area contributed by atoms with Crippen LogP contribution in [0.3, 0.4) is 0 Å². The van der Waals surface area contributed by atoms with Crippen molar-refractivity contribution < 1.29 is 9.47 Å². The van der Waals surface area contributed by atoms with Gasteiger partial charge in [0.2, 0.25) is 0 Å². The topological polar surface area (TPSA) is 47.7 Å². The second-order valence-corrected chi connectivity index (χ2v) is 5.74. The van der Waals surface area contributed by atoms with Crippen LogP contribution in [-0.4, -0.2) is 44.4 Å². The Balaban J connectivity index is 1.74. The number of rotatable bonds is 2. The first-order valence-corrected chi connectivity index (χ1v) is 7.55. The number of nitrogens with two attached hydrogens (primary N) is 1. The summed E-state index contributed by atoms with van der Waals surface area (Å²) in [5, 5.41) is 0. The van der Waals surface area contributed by atoms with E-state index >= 15 is 0 Å². The van der Waals surface area contributed by atoms with Crippen molar-refractivity contribution in [3.63, 3.8) is 0 Å². The van der Waals surface area contributed by atoms with E-state index in [4.69, 9.17) is 15.2 Å². The molecule has 0 aromatic heterocycles. The molecule has 2 N–H and O–H groups in total. The van der Waals surface area contributed by atoms with Gasteiger partial charge in [-0.15, -0.1) is 0 Å². The van der Waals surface area contributed by atoms with E-state index in [9.17, 15) is 0 Å². The molecule has 1 saturated heterocycles. The van der Waals surface area contributed by atoms with Gasteiger partial charge in [-0.1, -0.05) is 0 Å². The second-order valence-electron chi connectivity index (χ2n) is 5.74. The number of ether oxygens (including phenoxy) is 2. The lowest BCUT2D eigenvalue weighted by molar-refractivity contribution is 0.0136. The quantitative estimate of drug-likeness (QED) is 0.661. The first-order chi connectivity index (χ1) is 9.78. The molecule has 1 aromatic rings. The van der Waals surface area contributed by atoms with E-state index in [1.54, 1.807) is 7.11 Å². The highest BCUT2D eigenvalue weighted by atomic mass is 16.5. The Morgan fingerprint density at radius 3 is 2.45 bits per heavy atom. The Morgan fingerprint density at radius 2 is 1.80 bits per heavy atom. The van der Waals surface area contributed by atoms with Crippen molar-refractivity contribution in [1.82, 2.24) is 4.90 Å². The van der Waals surface area contributed by atoms with Crippen LogP contribution < -0.4 is 10.5 Å². The Morgan fingerprint density at radius 1 is 1.15 bits per heavy atom. The summed E-state index contributed by atoms with van der Waals surface area (Å²) >= 11 is 0. The van der Waals surface area contributed by atoms with E-state index in [-0.39, 0.29) is 0 Å². The monoisotopic (exact) mass is 276 g/mol. The third-order valence-electron chi connectivity index (χ3n) is 4.61. The molecule has 2 aliphatic rings. The molecule has 1 unspecified atom stereocenters. The van der Waals surface area contributed by atoms with Gasteiger partial charge in [0.25, 0.3) is 0 Å². The summed E-state index contributed by atoms with van der Waals surface area (Å²) < 4.78 is 10.8. The Kier molecular flexibility index (Phi) is 4.13. The van der Waals surface area contributed by atoms with Gasteiger partial charge in [-0.25, -0.2) is 0 Å². The molecule has 4 nitrogen and oxygen atoms in total. The summed E-state index contributed by atoms with van der Waals surface area (Å²) in [6.45, 7) is 3.91. The largest absolute Gasteiger partial charge is 0.495 e. The first kappa shape index (κ1) is 13.7. The van der Waals surface area contributed by atoms with Crippen molar-refractivity contribution in [3.8, 4) is 5.75 Å². The molecule has 0 radical (unpaired) electrons. The van der Waals surface area contributed by atoms with E-state index in [2.05, 4.69) is 17.0 Å². The van der Waals surface area contributed by atoms with E-state index in [1.807, 2.05) is 0 Å². The van der Waals surface area contributed by atoms with Crippen LogP contribution in [0.1, 0.15) is 24.0 Å². The van der Waals surface area contributed by atoms with Crippen molar-refractivity contribution in [3.05, 3.63) is 23.3 Å². The second kappa shape index (κ2) is 6.02. The lowest BCUT2D eigenvalue weighted by Crippen LogP contribution is -2.43. The molecule has 0 spiro atoms. The van der Waals surface area contributed by atoms with Crippen LogP contribution in [-0.2, 0) is 17.6 Å². The minimum Gasteiger partial charge on any atom is -0.495 e. The minimum absolute atomic E-state index is 0.679. The Bertz CT molecular complexity index is 470. The maximum absolute atomic E-state index is 6.03. The van der Waals surface area contributed by atoms with Crippen molar-refractivity contribution in [1.29, 1.82) is 0 Å². The van der Waals surface area contributed by atoms with Gasteiger partial charge in [-0.05, 0) is 48.9 Å². The third kappa shape index (κ3) is 2.76. The number of hydrogen-bond donors (Lipinski definition) is 1. The van der Waals surface area contributed by atoms with Gasteiger partial charge in [-0.2, -0.15) is 0 Å². The standard InChI is InChI=1S/C16H24N2O2/c1-19-16-11-13-3-5-14(18-6-8-20-9-7-18)4-2-12(13)10-15(16)17/h10-11,14H,2-9,17H2,1H3. The fraction of sp³-hybridized carbons (Fsp3) is 0.625. The highest BCUT2D eigenvalue weighted by Gasteiger charge is 2.24. The van der Waals surface area contributed by atoms with Crippen molar-refractivity contribution in [2.45, 2.75) is 31.7 Å². The highest BCUT2D eigenvalue weighted by molar-refractivity contribution is 5.57. The van der Waals surface area contributed by atoms with Gasteiger partial charge in [0.15, 0.2) is 0 Å². The number of hydrogen-bond acceptors (Lipinski definition) is 4. The predicted octanol–water partition coefficient (Wildman–Crippen LogP) is 1.86. The molecule has 0 saturated carbocycles. The Labute approximate surface area is 120 Å². The molecule has 1 atom stereocenters.